The molecule has 1 amide bonds. The lowest BCUT2D eigenvalue weighted by Gasteiger charge is -2.23. The van der Waals surface area contributed by atoms with E-state index in [9.17, 15) is 15.3 Å². The number of primary amides is 1. The number of nitriles is 2. The van der Waals surface area contributed by atoms with Crippen LogP contribution in [0.1, 0.15) is 34.4 Å². The lowest BCUT2D eigenvalue weighted by molar-refractivity contribution is -0.117. The van der Waals surface area contributed by atoms with Crippen LogP contribution in [0, 0.1) is 22.7 Å². The molecule has 0 fully saturated rings. The molecule has 0 spiro atoms. The summed E-state index contributed by atoms with van der Waals surface area (Å²) in [5, 5.41) is 19.2. The van der Waals surface area contributed by atoms with E-state index in [0.717, 1.165) is 17.3 Å². The van der Waals surface area contributed by atoms with Crippen molar-refractivity contribution in [2.75, 3.05) is 32.2 Å². The first-order valence-corrected chi connectivity index (χ1v) is 9.94. The van der Waals surface area contributed by atoms with Crippen LogP contribution in [0.5, 0.6) is 0 Å². The van der Waals surface area contributed by atoms with Gasteiger partial charge in [0.25, 0.3) is 0 Å². The number of hydrogen-bond acceptors (Lipinski definition) is 7. The fourth-order valence-corrected chi connectivity index (χ4v) is 3.97. The van der Waals surface area contributed by atoms with Gasteiger partial charge in [-0.1, -0.05) is 49.0 Å². The number of carbonyl (C=O) groups is 1. The van der Waals surface area contributed by atoms with E-state index >= 15 is 0 Å². The maximum atomic E-state index is 12.2. The Morgan fingerprint density at radius 1 is 1.28 bits per heavy atom. The van der Waals surface area contributed by atoms with Crippen molar-refractivity contribution >= 4 is 23.5 Å². The van der Waals surface area contributed by atoms with E-state index in [2.05, 4.69) is 17.1 Å². The van der Waals surface area contributed by atoms with E-state index in [1.807, 2.05) is 49.2 Å². The molecule has 29 heavy (non-hydrogen) atoms. The Balaban J connectivity index is 2.62. The Morgan fingerprint density at radius 3 is 2.45 bits per heavy atom. The molecule has 2 aromatic rings. The molecular formula is C21H23N5O2S. The molecule has 8 heteroatoms. The molecule has 0 aliphatic heterocycles. The molecule has 1 unspecified atom stereocenters. The molecule has 150 valence electrons. The van der Waals surface area contributed by atoms with Gasteiger partial charge in [0.15, 0.2) is 0 Å². The summed E-state index contributed by atoms with van der Waals surface area (Å²) < 4.78 is 5.12. The second-order valence-corrected chi connectivity index (χ2v) is 7.37. The number of anilines is 1. The number of nitrogens with two attached hydrogens (primary N) is 1. The molecule has 0 bridgehead atoms. The SMILES string of the molecule is CCc1c(C#N)c(SC(C(N)=O)c2ccccc2)nc(N(C)CCOC)c1C#N. The Hall–Kier alpha value is -3.07. The molecule has 7 nitrogen and oxygen atoms in total. The summed E-state index contributed by atoms with van der Waals surface area (Å²) in [4.78, 5) is 18.6. The average Bonchev–Trinajstić information content (AvgIpc) is 2.74. The molecule has 2 N–H and O–H groups in total. The maximum absolute atomic E-state index is 12.2. The Labute approximate surface area is 175 Å². The number of methoxy groups -OCH3 is 1. The normalized spacial score (nSPS) is 11.3. The van der Waals surface area contributed by atoms with Gasteiger partial charge >= 0.3 is 0 Å². The molecule has 0 saturated carbocycles. The Kier molecular flexibility index (Phi) is 8.02. The van der Waals surface area contributed by atoms with Crippen molar-refractivity contribution in [3.05, 3.63) is 52.6 Å². The van der Waals surface area contributed by atoms with Gasteiger partial charge in [-0.3, -0.25) is 4.79 Å². The zero-order chi connectivity index (χ0) is 21.4. The van der Waals surface area contributed by atoms with E-state index in [1.165, 1.54) is 0 Å². The Bertz CT molecular complexity index is 950. The molecular weight excluding hydrogens is 386 g/mol. The molecule has 1 aromatic heterocycles. The van der Waals surface area contributed by atoms with E-state index in [-0.39, 0.29) is 0 Å². The van der Waals surface area contributed by atoms with Gasteiger partial charge in [0.1, 0.15) is 28.2 Å². The van der Waals surface area contributed by atoms with Gasteiger partial charge in [-0.05, 0) is 17.5 Å². The highest BCUT2D eigenvalue weighted by atomic mass is 32.2. The quantitative estimate of drug-likeness (QED) is 0.633. The summed E-state index contributed by atoms with van der Waals surface area (Å²) in [5.74, 6) is -0.0669. The van der Waals surface area contributed by atoms with Crippen molar-refractivity contribution in [3.8, 4) is 12.1 Å². The highest BCUT2D eigenvalue weighted by molar-refractivity contribution is 8.00. The highest BCUT2D eigenvalue weighted by Crippen LogP contribution is 2.39. The number of pyridine rings is 1. The minimum atomic E-state index is -0.703. The number of nitrogens with zero attached hydrogens (tertiary/aromatic N) is 4. The van der Waals surface area contributed by atoms with Gasteiger partial charge < -0.3 is 15.4 Å². The van der Waals surface area contributed by atoms with Crippen molar-refractivity contribution in [1.82, 2.24) is 4.98 Å². The summed E-state index contributed by atoms with van der Waals surface area (Å²) in [6, 6.07) is 13.5. The highest BCUT2D eigenvalue weighted by Gasteiger charge is 2.26. The largest absolute Gasteiger partial charge is 0.383 e. The standard InChI is InChI=1S/C21H23N5O2S/c1-4-15-16(12-22)20(26(2)10-11-28-3)25-21(17(15)13-23)29-18(19(24)27)14-8-6-5-7-9-14/h5-9,18H,4,10-11H2,1-3H3,(H2,24,27). The number of aromatic nitrogens is 1. The molecule has 2 rings (SSSR count). The fourth-order valence-electron chi connectivity index (χ4n) is 2.91. The van der Waals surface area contributed by atoms with Gasteiger partial charge in [0.05, 0.1) is 17.7 Å². The zero-order valence-corrected chi connectivity index (χ0v) is 17.5. The Morgan fingerprint density at radius 2 is 1.93 bits per heavy atom. The van der Waals surface area contributed by atoms with Crippen molar-refractivity contribution in [2.24, 2.45) is 5.73 Å². The number of amides is 1. The van der Waals surface area contributed by atoms with Crippen LogP contribution in [0.15, 0.2) is 35.4 Å². The van der Waals surface area contributed by atoms with Crippen LogP contribution < -0.4 is 10.6 Å². The van der Waals surface area contributed by atoms with Crippen LogP contribution in [0.25, 0.3) is 0 Å². The van der Waals surface area contributed by atoms with Crippen LogP contribution in [-0.4, -0.2) is 38.2 Å². The smallest absolute Gasteiger partial charge is 0.235 e. The molecule has 0 aliphatic rings. The fraction of sp³-hybridized carbons (Fsp3) is 0.333. The summed E-state index contributed by atoms with van der Waals surface area (Å²) >= 11 is 1.13. The van der Waals surface area contributed by atoms with Gasteiger partial charge in [0, 0.05) is 20.7 Å². The second-order valence-electron chi connectivity index (χ2n) is 6.27. The minimum Gasteiger partial charge on any atom is -0.383 e. The van der Waals surface area contributed by atoms with Crippen molar-refractivity contribution in [1.29, 1.82) is 10.5 Å². The van der Waals surface area contributed by atoms with Crippen molar-refractivity contribution in [3.63, 3.8) is 0 Å². The van der Waals surface area contributed by atoms with Crippen molar-refractivity contribution in [2.45, 2.75) is 23.6 Å². The molecule has 1 heterocycles. The van der Waals surface area contributed by atoms with E-state index in [1.54, 1.807) is 7.11 Å². The third kappa shape index (κ3) is 5.05. The lowest BCUT2D eigenvalue weighted by Crippen LogP contribution is -2.25. The van der Waals surface area contributed by atoms with E-state index in [4.69, 9.17) is 10.5 Å². The number of thioether (sulfide) groups is 1. The lowest BCUT2D eigenvalue weighted by atomic mass is 10.0. The van der Waals surface area contributed by atoms with Crippen LogP contribution in [0.2, 0.25) is 0 Å². The third-order valence-corrected chi connectivity index (χ3v) is 5.67. The average molecular weight is 410 g/mol. The first kappa shape index (κ1) is 22.2. The van der Waals surface area contributed by atoms with Gasteiger partial charge in [0.2, 0.25) is 5.91 Å². The number of carbonyl (C=O) groups excluding carboxylic acids is 1. The molecule has 0 aliphatic carbocycles. The third-order valence-electron chi connectivity index (χ3n) is 4.41. The first-order valence-electron chi connectivity index (χ1n) is 9.06. The maximum Gasteiger partial charge on any atom is 0.235 e. The predicted octanol–water partition coefficient (Wildman–Crippen LogP) is 2.79. The second kappa shape index (κ2) is 10.5. The topological polar surface area (TPSA) is 116 Å². The minimum absolute atomic E-state index is 0.306. The zero-order valence-electron chi connectivity index (χ0n) is 16.7. The summed E-state index contributed by atoms with van der Waals surface area (Å²) in [6.07, 6.45) is 0.486. The van der Waals surface area contributed by atoms with Crippen molar-refractivity contribution < 1.29 is 9.53 Å². The summed E-state index contributed by atoms with van der Waals surface area (Å²) in [5.41, 5.74) is 7.66. The summed E-state index contributed by atoms with van der Waals surface area (Å²) in [6.45, 7) is 2.86. The summed E-state index contributed by atoms with van der Waals surface area (Å²) in [7, 11) is 3.41. The number of rotatable bonds is 9. The van der Waals surface area contributed by atoms with Crippen LogP contribution in [0.4, 0.5) is 5.82 Å². The molecule has 0 radical (unpaired) electrons. The van der Waals surface area contributed by atoms with Crippen LogP contribution in [0.3, 0.4) is 0 Å². The van der Waals surface area contributed by atoms with Gasteiger partial charge in [-0.25, -0.2) is 4.98 Å². The van der Waals surface area contributed by atoms with Gasteiger partial charge in [-0.15, -0.1) is 0 Å². The van der Waals surface area contributed by atoms with Gasteiger partial charge in [-0.2, -0.15) is 10.5 Å². The molecule has 1 atom stereocenters. The van der Waals surface area contributed by atoms with Crippen LogP contribution >= 0.6 is 11.8 Å². The number of likely N-dealkylation sites (N-methyl/N-ethyl adjacent to an activating group) is 1. The first-order chi connectivity index (χ1) is 14.0. The molecule has 0 saturated heterocycles. The van der Waals surface area contributed by atoms with E-state index in [0.29, 0.717) is 47.1 Å². The number of hydrogen-bond donors (Lipinski definition) is 1. The number of ether oxygens (including phenoxy) is 1. The number of benzene rings is 1. The molecule has 1 aromatic carbocycles. The van der Waals surface area contributed by atoms with Crippen LogP contribution in [-0.2, 0) is 16.0 Å². The predicted molar refractivity (Wildman–Crippen MR) is 112 cm³/mol. The monoisotopic (exact) mass is 409 g/mol. The van der Waals surface area contributed by atoms with E-state index < -0.39 is 11.2 Å².